The van der Waals surface area contributed by atoms with Gasteiger partial charge in [0.15, 0.2) is 0 Å². The van der Waals surface area contributed by atoms with E-state index in [1.807, 2.05) is 42.5 Å². The van der Waals surface area contributed by atoms with Crippen molar-refractivity contribution in [3.63, 3.8) is 0 Å². The Balaban J connectivity index is 1.98. The van der Waals surface area contributed by atoms with Crippen molar-refractivity contribution in [3.8, 4) is 0 Å². The fourth-order valence-electron chi connectivity index (χ4n) is 2.39. The van der Waals surface area contributed by atoms with Gasteiger partial charge in [0, 0.05) is 16.3 Å². The fraction of sp³-hybridized carbons (Fsp3) is 0.0588. The topological polar surface area (TPSA) is 40.6 Å². The molecule has 6 heteroatoms. The summed E-state index contributed by atoms with van der Waals surface area (Å²) in [6.07, 6.45) is 0. The van der Waals surface area contributed by atoms with E-state index in [9.17, 15) is 9.59 Å². The summed E-state index contributed by atoms with van der Waals surface area (Å²) in [5.74, 6) is -0.928. The minimum Gasteiger partial charge on any atom is -0.339 e. The highest BCUT2D eigenvalue weighted by atomic mass is 127. The van der Waals surface area contributed by atoms with Crippen molar-refractivity contribution in [3.05, 3.63) is 68.9 Å². The molecular weight excluding hydrogens is 427 g/mol. The Kier molecular flexibility index (Phi) is 4.41. The summed E-state index contributed by atoms with van der Waals surface area (Å²) < 4.78 is 1.02. The molecule has 0 aliphatic carbocycles. The Hall–Kier alpha value is -1.86. The molecule has 2 aromatic carbocycles. The summed E-state index contributed by atoms with van der Waals surface area (Å²) in [6.45, 7) is 0. The van der Waals surface area contributed by atoms with Crippen molar-refractivity contribution in [2.75, 3.05) is 16.8 Å². The largest absolute Gasteiger partial charge is 0.339 e. The summed E-state index contributed by atoms with van der Waals surface area (Å²) in [7, 11) is 1.72. The van der Waals surface area contributed by atoms with Crippen molar-refractivity contribution < 1.29 is 9.59 Å². The van der Waals surface area contributed by atoms with Crippen LogP contribution in [0.4, 0.5) is 11.4 Å². The molecule has 0 atom stereocenters. The standard InChI is InChI=1S/C17H12ClIN2O2/c1-20(12-5-3-2-4-6-12)15-14(18)16(22)21(17(15)23)13-9-7-11(19)8-10-13/h2-10H,1H3. The molecule has 116 valence electrons. The number of hydrogen-bond acceptors (Lipinski definition) is 3. The van der Waals surface area contributed by atoms with Crippen molar-refractivity contribution >= 4 is 57.4 Å². The molecule has 1 aliphatic rings. The second kappa shape index (κ2) is 6.33. The second-order valence-corrected chi connectivity index (χ2v) is 6.60. The van der Waals surface area contributed by atoms with Crippen LogP contribution in [0.1, 0.15) is 0 Å². The third-order valence-electron chi connectivity index (χ3n) is 3.57. The van der Waals surface area contributed by atoms with E-state index in [4.69, 9.17) is 11.6 Å². The first kappa shape index (κ1) is 16.0. The summed E-state index contributed by atoms with van der Waals surface area (Å²) >= 11 is 8.33. The van der Waals surface area contributed by atoms with Crippen LogP contribution in [0.5, 0.6) is 0 Å². The predicted molar refractivity (Wildman–Crippen MR) is 99.4 cm³/mol. The maximum Gasteiger partial charge on any atom is 0.283 e. The maximum atomic E-state index is 12.7. The van der Waals surface area contributed by atoms with Gasteiger partial charge in [-0.1, -0.05) is 29.8 Å². The lowest BCUT2D eigenvalue weighted by molar-refractivity contribution is -0.120. The van der Waals surface area contributed by atoms with Crippen LogP contribution in [-0.4, -0.2) is 18.9 Å². The Bertz CT molecular complexity index is 803. The fourth-order valence-corrected chi connectivity index (χ4v) is 3.04. The molecule has 0 bridgehead atoms. The number of likely N-dealkylation sites (N-methyl/N-ethyl adjacent to an activating group) is 1. The van der Waals surface area contributed by atoms with Gasteiger partial charge in [-0.15, -0.1) is 0 Å². The lowest BCUT2D eigenvalue weighted by Crippen LogP contribution is -2.34. The highest BCUT2D eigenvalue weighted by molar-refractivity contribution is 14.1. The van der Waals surface area contributed by atoms with Crippen molar-refractivity contribution in [1.82, 2.24) is 0 Å². The summed E-state index contributed by atoms with van der Waals surface area (Å²) in [5.41, 5.74) is 1.47. The van der Waals surface area contributed by atoms with Crippen LogP contribution in [0.2, 0.25) is 0 Å². The van der Waals surface area contributed by atoms with Gasteiger partial charge in [0.25, 0.3) is 11.8 Å². The molecule has 1 aliphatic heterocycles. The van der Waals surface area contributed by atoms with Crippen LogP contribution >= 0.6 is 34.2 Å². The molecule has 0 N–H and O–H groups in total. The normalized spacial score (nSPS) is 14.7. The molecule has 2 amide bonds. The maximum absolute atomic E-state index is 12.7. The van der Waals surface area contributed by atoms with Crippen molar-refractivity contribution in [1.29, 1.82) is 0 Å². The Morgan fingerprint density at radius 3 is 2.17 bits per heavy atom. The minimum absolute atomic E-state index is 0.0695. The summed E-state index contributed by atoms with van der Waals surface area (Å²) in [5, 5.41) is -0.0695. The smallest absolute Gasteiger partial charge is 0.283 e. The number of hydrogen-bond donors (Lipinski definition) is 0. The molecule has 2 aromatic rings. The molecular formula is C17H12ClIN2O2. The molecule has 3 rings (SSSR count). The quantitative estimate of drug-likeness (QED) is 0.541. The molecule has 0 unspecified atom stereocenters. The predicted octanol–water partition coefficient (Wildman–Crippen LogP) is 3.75. The molecule has 0 saturated heterocycles. The SMILES string of the molecule is CN(C1=C(Cl)C(=O)N(c2ccc(I)cc2)C1=O)c1ccccc1. The number of nitrogens with zero attached hydrogens (tertiary/aromatic N) is 2. The lowest BCUT2D eigenvalue weighted by Gasteiger charge is -2.21. The van der Waals surface area contributed by atoms with Crippen LogP contribution < -0.4 is 9.80 Å². The minimum atomic E-state index is -0.504. The van der Waals surface area contributed by atoms with Crippen molar-refractivity contribution in [2.45, 2.75) is 0 Å². The number of amides is 2. The van der Waals surface area contributed by atoms with E-state index in [2.05, 4.69) is 22.6 Å². The van der Waals surface area contributed by atoms with E-state index < -0.39 is 11.8 Å². The molecule has 0 spiro atoms. The van der Waals surface area contributed by atoms with Crippen LogP contribution in [0, 0.1) is 3.57 Å². The number of imide groups is 1. The van der Waals surface area contributed by atoms with Gasteiger partial charge in [0.2, 0.25) is 0 Å². The van der Waals surface area contributed by atoms with Gasteiger partial charge < -0.3 is 4.90 Å². The summed E-state index contributed by atoms with van der Waals surface area (Å²) in [6, 6.07) is 16.4. The Labute approximate surface area is 152 Å². The monoisotopic (exact) mass is 438 g/mol. The molecule has 1 heterocycles. The van der Waals surface area contributed by atoms with E-state index in [0.717, 1.165) is 14.2 Å². The number of carbonyl (C=O) groups excluding carboxylic acids is 2. The number of para-hydroxylation sites is 1. The number of carbonyl (C=O) groups is 2. The van der Waals surface area contributed by atoms with E-state index in [1.165, 1.54) is 0 Å². The van der Waals surface area contributed by atoms with Gasteiger partial charge in [-0.3, -0.25) is 9.59 Å². The third kappa shape index (κ3) is 2.86. The number of anilines is 2. The molecule has 23 heavy (non-hydrogen) atoms. The Morgan fingerprint density at radius 1 is 0.957 bits per heavy atom. The lowest BCUT2D eigenvalue weighted by atomic mass is 10.2. The zero-order chi connectivity index (χ0) is 16.6. The summed E-state index contributed by atoms with van der Waals surface area (Å²) in [4.78, 5) is 27.9. The van der Waals surface area contributed by atoms with Crippen LogP contribution in [0.3, 0.4) is 0 Å². The zero-order valence-electron chi connectivity index (χ0n) is 12.2. The average Bonchev–Trinajstić information content (AvgIpc) is 2.78. The van der Waals surface area contributed by atoms with Crippen molar-refractivity contribution in [2.24, 2.45) is 0 Å². The number of benzene rings is 2. The van der Waals surface area contributed by atoms with Crippen LogP contribution in [0.15, 0.2) is 65.3 Å². The molecule has 0 aromatic heterocycles. The second-order valence-electron chi connectivity index (χ2n) is 4.98. The number of rotatable bonds is 3. The van der Waals surface area contributed by atoms with Gasteiger partial charge in [-0.25, -0.2) is 4.90 Å². The molecule has 0 radical (unpaired) electrons. The molecule has 0 fully saturated rings. The first-order valence-electron chi connectivity index (χ1n) is 6.83. The zero-order valence-corrected chi connectivity index (χ0v) is 15.1. The van der Waals surface area contributed by atoms with Crippen LogP contribution in [-0.2, 0) is 9.59 Å². The van der Waals surface area contributed by atoms with E-state index in [1.54, 1.807) is 24.1 Å². The van der Waals surface area contributed by atoms with Gasteiger partial charge >= 0.3 is 0 Å². The first-order valence-corrected chi connectivity index (χ1v) is 8.29. The first-order chi connectivity index (χ1) is 11.0. The van der Waals surface area contributed by atoms with Gasteiger partial charge in [-0.2, -0.15) is 0 Å². The van der Waals surface area contributed by atoms with E-state index >= 15 is 0 Å². The number of halogens is 2. The van der Waals surface area contributed by atoms with Crippen LogP contribution in [0.25, 0.3) is 0 Å². The Morgan fingerprint density at radius 2 is 1.57 bits per heavy atom. The van der Waals surface area contributed by atoms with Gasteiger partial charge in [-0.05, 0) is 59.0 Å². The van der Waals surface area contributed by atoms with Gasteiger partial charge in [0.05, 0.1) is 5.69 Å². The highest BCUT2D eigenvalue weighted by Gasteiger charge is 2.40. The van der Waals surface area contributed by atoms with E-state index in [0.29, 0.717) is 5.69 Å². The van der Waals surface area contributed by atoms with Gasteiger partial charge in [0.1, 0.15) is 10.7 Å². The molecule has 0 saturated carbocycles. The molecule has 4 nitrogen and oxygen atoms in total. The average molecular weight is 439 g/mol. The highest BCUT2D eigenvalue weighted by Crippen LogP contribution is 2.32. The van der Waals surface area contributed by atoms with E-state index in [-0.39, 0.29) is 10.7 Å². The third-order valence-corrected chi connectivity index (χ3v) is 4.63.